The van der Waals surface area contributed by atoms with Crippen LogP contribution >= 0.6 is 12.4 Å². The Morgan fingerprint density at radius 1 is 1.42 bits per heavy atom. The van der Waals surface area contributed by atoms with E-state index in [1.807, 2.05) is 0 Å². The van der Waals surface area contributed by atoms with E-state index < -0.39 is 17.8 Å². The van der Waals surface area contributed by atoms with Gasteiger partial charge in [-0.3, -0.25) is 4.79 Å². The molecule has 0 bridgehead atoms. The molecule has 9 heteroatoms. The van der Waals surface area contributed by atoms with Crippen molar-refractivity contribution in [2.24, 2.45) is 5.92 Å². The average molecular weight is 369 g/mol. The Hall–Kier alpha value is -1.51. The van der Waals surface area contributed by atoms with Gasteiger partial charge in [0.15, 0.2) is 0 Å². The third kappa shape index (κ3) is 6.54. The zero-order valence-corrected chi connectivity index (χ0v) is 13.6. The molecule has 1 heterocycles. The molecule has 1 atom stereocenters. The van der Waals surface area contributed by atoms with Gasteiger partial charge in [0.25, 0.3) is 0 Å². The molecule has 1 amide bonds. The Morgan fingerprint density at radius 2 is 2.12 bits per heavy atom. The molecule has 0 radical (unpaired) electrons. The fourth-order valence-corrected chi connectivity index (χ4v) is 2.07. The van der Waals surface area contributed by atoms with Crippen LogP contribution in [0.1, 0.15) is 12.0 Å². The maximum atomic E-state index is 12.6. The number of hydrogen-bond donors (Lipinski definition) is 3. The van der Waals surface area contributed by atoms with Gasteiger partial charge >= 0.3 is 6.18 Å². The van der Waals surface area contributed by atoms with Gasteiger partial charge in [0, 0.05) is 13.0 Å². The quantitative estimate of drug-likeness (QED) is 0.683. The summed E-state index contributed by atoms with van der Waals surface area (Å²) in [6.45, 7) is 1.42. The summed E-state index contributed by atoms with van der Waals surface area (Å²) >= 11 is 0. The van der Waals surface area contributed by atoms with E-state index in [1.165, 1.54) is 12.1 Å². The smallest absolute Gasteiger partial charge is 0.416 e. The number of alkyl halides is 3. The van der Waals surface area contributed by atoms with Crippen LogP contribution < -0.4 is 15.4 Å². The van der Waals surface area contributed by atoms with E-state index in [-0.39, 0.29) is 37.2 Å². The molecule has 136 valence electrons. The van der Waals surface area contributed by atoms with E-state index in [4.69, 9.17) is 4.74 Å². The lowest BCUT2D eigenvalue weighted by Gasteiger charge is -2.26. The number of halogens is 4. The maximum absolute atomic E-state index is 12.6. The van der Waals surface area contributed by atoms with E-state index in [1.54, 1.807) is 0 Å². The second-order valence-corrected chi connectivity index (χ2v) is 5.52. The maximum Gasteiger partial charge on any atom is 0.416 e. The normalized spacial score (nSPS) is 15.8. The molecule has 24 heavy (non-hydrogen) atoms. The number of amides is 1. The van der Waals surface area contributed by atoms with E-state index in [0.717, 1.165) is 25.2 Å². The highest BCUT2D eigenvalue weighted by atomic mass is 35.5. The van der Waals surface area contributed by atoms with Gasteiger partial charge in [-0.15, -0.1) is 12.4 Å². The standard InChI is InChI=1S/C15H19F3N2O3.ClH/c16-15(17,18)11-2-1-3-13(5-11)23-9-12(21)8-20-14(22)4-10-6-19-7-10;/h1-3,5,10,12,19,21H,4,6-9H2,(H,20,22);1H. The van der Waals surface area contributed by atoms with Crippen molar-refractivity contribution in [2.75, 3.05) is 26.2 Å². The number of hydrogen-bond acceptors (Lipinski definition) is 4. The second kappa shape index (κ2) is 9.10. The van der Waals surface area contributed by atoms with Crippen molar-refractivity contribution in [3.63, 3.8) is 0 Å². The first-order chi connectivity index (χ1) is 10.8. The number of aliphatic hydroxyl groups excluding tert-OH is 1. The first-order valence-corrected chi connectivity index (χ1v) is 7.30. The lowest BCUT2D eigenvalue weighted by Crippen LogP contribution is -2.45. The lowest BCUT2D eigenvalue weighted by atomic mass is 9.99. The fourth-order valence-electron chi connectivity index (χ4n) is 2.07. The Kier molecular flexibility index (Phi) is 7.78. The van der Waals surface area contributed by atoms with Crippen molar-refractivity contribution in [3.8, 4) is 5.75 Å². The molecule has 1 unspecified atom stereocenters. The molecule has 0 aliphatic carbocycles. The molecule has 2 rings (SSSR count). The lowest BCUT2D eigenvalue weighted by molar-refractivity contribution is -0.137. The van der Waals surface area contributed by atoms with E-state index in [9.17, 15) is 23.1 Å². The van der Waals surface area contributed by atoms with Crippen molar-refractivity contribution in [1.29, 1.82) is 0 Å². The number of carbonyl (C=O) groups excluding carboxylic acids is 1. The van der Waals surface area contributed by atoms with E-state index in [0.29, 0.717) is 12.3 Å². The molecule has 1 saturated heterocycles. The van der Waals surface area contributed by atoms with Crippen LogP contribution in [0, 0.1) is 5.92 Å². The van der Waals surface area contributed by atoms with Gasteiger partial charge in [0.1, 0.15) is 18.5 Å². The summed E-state index contributed by atoms with van der Waals surface area (Å²) in [7, 11) is 0. The second-order valence-electron chi connectivity index (χ2n) is 5.52. The van der Waals surface area contributed by atoms with Gasteiger partial charge in [-0.05, 0) is 37.2 Å². The van der Waals surface area contributed by atoms with Crippen LogP contribution in [0.2, 0.25) is 0 Å². The summed E-state index contributed by atoms with van der Waals surface area (Å²) in [6, 6.07) is 4.43. The zero-order chi connectivity index (χ0) is 16.9. The zero-order valence-electron chi connectivity index (χ0n) is 12.8. The Labute approximate surface area is 144 Å². The van der Waals surface area contributed by atoms with Crippen LogP contribution in [0.4, 0.5) is 13.2 Å². The Bertz CT molecular complexity index is 539. The van der Waals surface area contributed by atoms with Gasteiger partial charge in [-0.1, -0.05) is 6.07 Å². The summed E-state index contributed by atoms with van der Waals surface area (Å²) in [4.78, 5) is 11.6. The van der Waals surface area contributed by atoms with Crippen molar-refractivity contribution in [2.45, 2.75) is 18.7 Å². The van der Waals surface area contributed by atoms with Gasteiger partial charge in [-0.2, -0.15) is 13.2 Å². The van der Waals surface area contributed by atoms with Crippen LogP contribution in [0.3, 0.4) is 0 Å². The average Bonchev–Trinajstić information content (AvgIpc) is 2.46. The highest BCUT2D eigenvalue weighted by molar-refractivity contribution is 5.85. The minimum absolute atomic E-state index is 0. The minimum atomic E-state index is -4.44. The van der Waals surface area contributed by atoms with Crippen LogP contribution in [0.5, 0.6) is 5.75 Å². The van der Waals surface area contributed by atoms with Gasteiger partial charge in [0.2, 0.25) is 5.91 Å². The van der Waals surface area contributed by atoms with Crippen LogP contribution in [0.15, 0.2) is 24.3 Å². The van der Waals surface area contributed by atoms with Crippen molar-refractivity contribution in [1.82, 2.24) is 10.6 Å². The first-order valence-electron chi connectivity index (χ1n) is 7.30. The molecule has 1 fully saturated rings. The van der Waals surface area contributed by atoms with Gasteiger partial charge in [-0.25, -0.2) is 0 Å². The van der Waals surface area contributed by atoms with Gasteiger partial charge < -0.3 is 20.5 Å². The molecular formula is C15H20ClF3N2O3. The molecular weight excluding hydrogens is 349 g/mol. The van der Waals surface area contributed by atoms with Crippen molar-refractivity contribution in [3.05, 3.63) is 29.8 Å². The van der Waals surface area contributed by atoms with Crippen LogP contribution in [-0.4, -0.2) is 43.4 Å². The van der Waals surface area contributed by atoms with Crippen molar-refractivity contribution >= 4 is 18.3 Å². The van der Waals surface area contributed by atoms with Gasteiger partial charge in [0.05, 0.1) is 5.56 Å². The number of benzene rings is 1. The number of ether oxygens (including phenoxy) is 1. The summed E-state index contributed by atoms with van der Waals surface area (Å²) in [6.07, 6.45) is -5.04. The highest BCUT2D eigenvalue weighted by Crippen LogP contribution is 2.31. The molecule has 1 aliphatic rings. The largest absolute Gasteiger partial charge is 0.491 e. The van der Waals surface area contributed by atoms with Crippen LogP contribution in [-0.2, 0) is 11.0 Å². The monoisotopic (exact) mass is 368 g/mol. The number of nitrogens with one attached hydrogen (secondary N) is 2. The third-order valence-electron chi connectivity index (χ3n) is 3.48. The Balaban J connectivity index is 0.00000288. The topological polar surface area (TPSA) is 70.6 Å². The number of aliphatic hydroxyl groups is 1. The molecule has 1 aromatic carbocycles. The summed E-state index contributed by atoms with van der Waals surface area (Å²) in [5, 5.41) is 15.4. The van der Waals surface area contributed by atoms with Crippen LogP contribution in [0.25, 0.3) is 0 Å². The van der Waals surface area contributed by atoms with E-state index >= 15 is 0 Å². The van der Waals surface area contributed by atoms with E-state index in [2.05, 4.69) is 10.6 Å². The molecule has 1 aliphatic heterocycles. The molecule has 3 N–H and O–H groups in total. The fraction of sp³-hybridized carbons (Fsp3) is 0.533. The summed E-state index contributed by atoms with van der Waals surface area (Å²) in [5.41, 5.74) is -0.813. The third-order valence-corrected chi connectivity index (χ3v) is 3.48. The first kappa shape index (κ1) is 20.5. The molecule has 0 aromatic heterocycles. The summed E-state index contributed by atoms with van der Waals surface area (Å²) < 4.78 is 42.8. The number of carbonyl (C=O) groups is 1. The minimum Gasteiger partial charge on any atom is -0.491 e. The summed E-state index contributed by atoms with van der Waals surface area (Å²) in [5.74, 6) is 0.189. The predicted molar refractivity (Wildman–Crippen MR) is 84.2 cm³/mol. The number of rotatable bonds is 7. The Morgan fingerprint density at radius 3 is 2.71 bits per heavy atom. The molecule has 0 saturated carbocycles. The SMILES string of the molecule is Cl.O=C(CC1CNC1)NCC(O)COc1cccc(C(F)(F)F)c1. The molecule has 1 aromatic rings. The highest BCUT2D eigenvalue weighted by Gasteiger charge is 2.30. The molecule has 5 nitrogen and oxygen atoms in total. The molecule has 0 spiro atoms. The van der Waals surface area contributed by atoms with Crippen molar-refractivity contribution < 1.29 is 27.8 Å². The predicted octanol–water partition coefficient (Wildman–Crippen LogP) is 1.59.